The first-order valence-corrected chi connectivity index (χ1v) is 8.20. The van der Waals surface area contributed by atoms with Gasteiger partial charge < -0.3 is 9.16 Å². The second-order valence-corrected chi connectivity index (χ2v) is 9.82. The minimum absolute atomic E-state index is 0.224. The van der Waals surface area contributed by atoms with Gasteiger partial charge in [0.05, 0.1) is 13.4 Å². The molecule has 15 heavy (non-hydrogen) atoms. The lowest BCUT2D eigenvalue weighted by atomic mass is 10.2. The highest BCUT2D eigenvalue weighted by Crippen LogP contribution is 2.37. The van der Waals surface area contributed by atoms with Crippen molar-refractivity contribution in [2.24, 2.45) is 0 Å². The molecule has 0 N–H and O–H groups in total. The Hall–Kier alpha value is -0.703. The molecule has 88 valence electrons. The van der Waals surface area contributed by atoms with E-state index < -0.39 is 8.32 Å². The SMILES string of the molecule is C/C=C(\C=C\OC)O[Si](C)(C)C(C)(C)C. The molecule has 0 fully saturated rings. The smallest absolute Gasteiger partial charge is 0.250 e. The second kappa shape index (κ2) is 5.40. The monoisotopic (exact) mass is 228 g/mol. The fourth-order valence-corrected chi connectivity index (χ4v) is 1.85. The zero-order valence-corrected chi connectivity index (χ0v) is 12.0. The Morgan fingerprint density at radius 2 is 1.73 bits per heavy atom. The van der Waals surface area contributed by atoms with E-state index >= 15 is 0 Å². The number of hydrogen-bond donors (Lipinski definition) is 0. The van der Waals surface area contributed by atoms with E-state index in [9.17, 15) is 0 Å². The van der Waals surface area contributed by atoms with Gasteiger partial charge in [0.15, 0.2) is 0 Å². The third-order valence-electron chi connectivity index (χ3n) is 2.83. The summed E-state index contributed by atoms with van der Waals surface area (Å²) in [6, 6.07) is 0. The molecule has 2 nitrogen and oxygen atoms in total. The van der Waals surface area contributed by atoms with Crippen LogP contribution >= 0.6 is 0 Å². The Bertz CT molecular complexity index is 247. The molecule has 0 aromatic carbocycles. The molecule has 0 unspecified atom stereocenters. The predicted octanol–water partition coefficient (Wildman–Crippen LogP) is 4.07. The van der Waals surface area contributed by atoms with Crippen molar-refractivity contribution >= 4 is 8.32 Å². The summed E-state index contributed by atoms with van der Waals surface area (Å²) in [6.45, 7) is 13.1. The average molecular weight is 228 g/mol. The Labute approximate surface area is 95.1 Å². The van der Waals surface area contributed by atoms with Crippen LogP contribution in [0.25, 0.3) is 0 Å². The van der Waals surface area contributed by atoms with Crippen LogP contribution in [0.1, 0.15) is 27.7 Å². The van der Waals surface area contributed by atoms with Crippen molar-refractivity contribution < 1.29 is 9.16 Å². The summed E-state index contributed by atoms with van der Waals surface area (Å²) in [5.41, 5.74) is 0. The number of ether oxygens (including phenoxy) is 1. The van der Waals surface area contributed by atoms with Gasteiger partial charge in [-0.05, 0) is 31.1 Å². The molecular formula is C12H24O2Si. The van der Waals surface area contributed by atoms with E-state index in [4.69, 9.17) is 9.16 Å². The van der Waals surface area contributed by atoms with E-state index in [2.05, 4.69) is 33.9 Å². The van der Waals surface area contributed by atoms with Crippen LogP contribution in [0, 0.1) is 0 Å². The number of hydrogen-bond acceptors (Lipinski definition) is 2. The van der Waals surface area contributed by atoms with Gasteiger partial charge >= 0.3 is 0 Å². The molecule has 0 radical (unpaired) electrons. The fourth-order valence-electron chi connectivity index (χ4n) is 0.772. The van der Waals surface area contributed by atoms with Crippen LogP contribution in [0.15, 0.2) is 24.2 Å². The van der Waals surface area contributed by atoms with Crippen molar-refractivity contribution in [3.8, 4) is 0 Å². The van der Waals surface area contributed by atoms with Crippen molar-refractivity contribution in [3.63, 3.8) is 0 Å². The topological polar surface area (TPSA) is 18.5 Å². The van der Waals surface area contributed by atoms with E-state index in [0.29, 0.717) is 0 Å². The molecule has 0 heterocycles. The van der Waals surface area contributed by atoms with E-state index in [1.165, 1.54) is 0 Å². The zero-order chi connectivity index (χ0) is 12.1. The van der Waals surface area contributed by atoms with Crippen LogP contribution in [0.5, 0.6) is 0 Å². The van der Waals surface area contributed by atoms with E-state index in [0.717, 1.165) is 5.76 Å². The second-order valence-electron chi connectivity index (χ2n) is 5.09. The van der Waals surface area contributed by atoms with Gasteiger partial charge in [0, 0.05) is 6.08 Å². The summed E-state index contributed by atoms with van der Waals surface area (Å²) in [5, 5.41) is 0.224. The van der Waals surface area contributed by atoms with Gasteiger partial charge in [0.25, 0.3) is 0 Å². The molecule has 0 amide bonds. The van der Waals surface area contributed by atoms with Crippen LogP contribution in [0.2, 0.25) is 18.1 Å². The minimum Gasteiger partial charge on any atom is -0.544 e. The maximum absolute atomic E-state index is 6.09. The molecule has 0 spiro atoms. The number of rotatable bonds is 4. The minimum atomic E-state index is -1.71. The van der Waals surface area contributed by atoms with Crippen LogP contribution in [-0.4, -0.2) is 15.4 Å². The summed E-state index contributed by atoms with van der Waals surface area (Å²) >= 11 is 0. The largest absolute Gasteiger partial charge is 0.544 e. The molecule has 0 aromatic heterocycles. The molecule has 0 saturated heterocycles. The molecule has 3 heteroatoms. The van der Waals surface area contributed by atoms with Crippen molar-refractivity contribution in [3.05, 3.63) is 24.2 Å². The highest BCUT2D eigenvalue weighted by atomic mass is 28.4. The first-order chi connectivity index (χ1) is 6.74. The Kier molecular flexibility index (Phi) is 5.15. The van der Waals surface area contributed by atoms with Crippen molar-refractivity contribution in [2.75, 3.05) is 7.11 Å². The van der Waals surface area contributed by atoms with Crippen molar-refractivity contribution in [2.45, 2.75) is 45.8 Å². The first-order valence-electron chi connectivity index (χ1n) is 5.29. The third kappa shape index (κ3) is 4.56. The van der Waals surface area contributed by atoms with Crippen LogP contribution in [0.3, 0.4) is 0 Å². The standard InChI is InChI=1S/C12H24O2Si/c1-8-11(9-10-13-5)14-15(6,7)12(2,3)4/h8-10H,1-7H3/b10-9+,11-8+. The van der Waals surface area contributed by atoms with Crippen LogP contribution < -0.4 is 0 Å². The lowest BCUT2D eigenvalue weighted by molar-refractivity contribution is 0.332. The quantitative estimate of drug-likeness (QED) is 0.410. The summed E-state index contributed by atoms with van der Waals surface area (Å²) in [6.07, 6.45) is 5.47. The Morgan fingerprint density at radius 1 is 1.20 bits per heavy atom. The van der Waals surface area contributed by atoms with Gasteiger partial charge in [0.2, 0.25) is 8.32 Å². The van der Waals surface area contributed by atoms with E-state index in [1.807, 2.05) is 19.1 Å². The maximum atomic E-state index is 6.09. The molecule has 0 aliphatic heterocycles. The lowest BCUT2D eigenvalue weighted by Gasteiger charge is -2.36. The molecule has 0 bridgehead atoms. The summed E-state index contributed by atoms with van der Waals surface area (Å²) in [4.78, 5) is 0. The maximum Gasteiger partial charge on any atom is 0.250 e. The number of methoxy groups -OCH3 is 1. The molecule has 0 atom stereocenters. The van der Waals surface area contributed by atoms with Gasteiger partial charge in [-0.2, -0.15) is 0 Å². The molecule has 0 rings (SSSR count). The summed E-state index contributed by atoms with van der Waals surface area (Å²) in [7, 11) is -0.0790. The van der Waals surface area contributed by atoms with E-state index in [1.54, 1.807) is 13.4 Å². The van der Waals surface area contributed by atoms with Crippen LogP contribution in [0.4, 0.5) is 0 Å². The van der Waals surface area contributed by atoms with Gasteiger partial charge in [-0.25, -0.2) is 0 Å². The summed E-state index contributed by atoms with van der Waals surface area (Å²) < 4.78 is 11.0. The Morgan fingerprint density at radius 3 is 2.07 bits per heavy atom. The van der Waals surface area contributed by atoms with E-state index in [-0.39, 0.29) is 5.04 Å². The van der Waals surface area contributed by atoms with Crippen molar-refractivity contribution in [1.82, 2.24) is 0 Å². The molecule has 0 aliphatic rings. The fraction of sp³-hybridized carbons (Fsp3) is 0.667. The third-order valence-corrected chi connectivity index (χ3v) is 7.19. The molecular weight excluding hydrogens is 204 g/mol. The average Bonchev–Trinajstić information content (AvgIpc) is 2.10. The van der Waals surface area contributed by atoms with Gasteiger partial charge in [0.1, 0.15) is 5.76 Å². The lowest BCUT2D eigenvalue weighted by Crippen LogP contribution is -2.40. The Balaban J connectivity index is 4.63. The molecule has 0 aromatic rings. The molecule has 0 aliphatic carbocycles. The zero-order valence-electron chi connectivity index (χ0n) is 11.0. The normalized spacial score (nSPS) is 14.5. The van der Waals surface area contributed by atoms with Gasteiger partial charge in [-0.1, -0.05) is 20.8 Å². The molecule has 0 saturated carbocycles. The van der Waals surface area contributed by atoms with Crippen molar-refractivity contribution in [1.29, 1.82) is 0 Å². The predicted molar refractivity (Wildman–Crippen MR) is 68.2 cm³/mol. The summed E-state index contributed by atoms with van der Waals surface area (Å²) in [5.74, 6) is 0.892. The highest BCUT2D eigenvalue weighted by molar-refractivity contribution is 6.74. The van der Waals surface area contributed by atoms with Crippen LogP contribution in [-0.2, 0) is 9.16 Å². The van der Waals surface area contributed by atoms with Gasteiger partial charge in [-0.15, -0.1) is 0 Å². The van der Waals surface area contributed by atoms with Gasteiger partial charge in [-0.3, -0.25) is 0 Å². The first kappa shape index (κ1) is 14.3. The highest BCUT2D eigenvalue weighted by Gasteiger charge is 2.39. The number of allylic oxidation sites excluding steroid dienone is 2.